The molecule has 0 fully saturated rings. The zero-order valence-electron chi connectivity index (χ0n) is 8.01. The van der Waals surface area contributed by atoms with Gasteiger partial charge in [0.15, 0.2) is 0 Å². The van der Waals surface area contributed by atoms with Crippen LogP contribution in [-0.2, 0) is 0 Å². The third kappa shape index (κ3) is 2.23. The third-order valence-corrected chi connectivity index (χ3v) is 2.11. The van der Waals surface area contributed by atoms with Crippen molar-refractivity contribution in [2.45, 2.75) is 19.1 Å². The second kappa shape index (κ2) is 4.41. The smallest absolute Gasteiger partial charge is 0.109 e. The molecule has 0 saturated carbocycles. The summed E-state index contributed by atoms with van der Waals surface area (Å²) >= 11 is 0. The van der Waals surface area contributed by atoms with Crippen LogP contribution in [0.5, 0.6) is 0 Å². The van der Waals surface area contributed by atoms with Crippen molar-refractivity contribution in [3.63, 3.8) is 0 Å². The molecule has 0 aromatic heterocycles. The third-order valence-electron chi connectivity index (χ3n) is 2.11. The van der Waals surface area contributed by atoms with E-state index in [1.54, 1.807) is 12.1 Å². The Morgan fingerprint density at radius 3 is 2.57 bits per heavy atom. The summed E-state index contributed by atoms with van der Waals surface area (Å²) in [6.45, 7) is 1.37. The molecule has 0 radical (unpaired) electrons. The number of aryl methyl sites for hydroxylation is 1. The average Bonchev–Trinajstić information content (AvgIpc) is 2.19. The molecule has 4 heteroatoms. The van der Waals surface area contributed by atoms with E-state index < -0.39 is 18.8 Å². The van der Waals surface area contributed by atoms with E-state index in [0.717, 1.165) is 5.56 Å². The fourth-order valence-electron chi connectivity index (χ4n) is 1.26. The second-order valence-electron chi connectivity index (χ2n) is 3.33. The Labute approximate surface area is 82.6 Å². The van der Waals surface area contributed by atoms with Crippen LogP contribution >= 0.6 is 0 Å². The molecule has 0 aliphatic heterocycles. The van der Waals surface area contributed by atoms with Crippen LogP contribution < -0.4 is 5.73 Å². The molecule has 1 aromatic rings. The number of hydrogen-bond donors (Lipinski definition) is 4. The summed E-state index contributed by atoms with van der Waals surface area (Å²) in [6, 6.07) is 5.17. The standard InChI is InChI=1S/C10H15NO3/c1-6-2-3-8(11)7(4-6)10(14)9(13)5-12/h2-4,9-10,12-14H,5,11H2,1H3. The van der Waals surface area contributed by atoms with E-state index in [0.29, 0.717) is 11.3 Å². The SMILES string of the molecule is Cc1ccc(N)c(C(O)C(O)CO)c1. The van der Waals surface area contributed by atoms with Crippen LogP contribution in [-0.4, -0.2) is 28.0 Å². The highest BCUT2D eigenvalue weighted by molar-refractivity contribution is 5.49. The first-order chi connectivity index (χ1) is 6.56. The second-order valence-corrected chi connectivity index (χ2v) is 3.33. The van der Waals surface area contributed by atoms with Gasteiger partial charge in [0.05, 0.1) is 6.61 Å². The number of benzene rings is 1. The van der Waals surface area contributed by atoms with Gasteiger partial charge in [0.25, 0.3) is 0 Å². The summed E-state index contributed by atoms with van der Waals surface area (Å²) in [6.07, 6.45) is -2.33. The van der Waals surface area contributed by atoms with Crippen LogP contribution in [0.2, 0.25) is 0 Å². The molecule has 2 unspecified atom stereocenters. The monoisotopic (exact) mass is 197 g/mol. The first-order valence-corrected chi connectivity index (χ1v) is 4.39. The molecule has 78 valence electrons. The molecule has 0 heterocycles. The maximum Gasteiger partial charge on any atom is 0.109 e. The first kappa shape index (κ1) is 11.0. The van der Waals surface area contributed by atoms with Crippen molar-refractivity contribution in [3.05, 3.63) is 29.3 Å². The van der Waals surface area contributed by atoms with Gasteiger partial charge in [-0.25, -0.2) is 0 Å². The maximum absolute atomic E-state index is 9.60. The van der Waals surface area contributed by atoms with Crippen molar-refractivity contribution in [1.29, 1.82) is 0 Å². The summed E-state index contributed by atoms with van der Waals surface area (Å²) in [5.74, 6) is 0. The molecule has 0 bridgehead atoms. The minimum absolute atomic E-state index is 0.413. The number of anilines is 1. The number of nitrogens with two attached hydrogens (primary N) is 1. The van der Waals surface area contributed by atoms with E-state index >= 15 is 0 Å². The van der Waals surface area contributed by atoms with Gasteiger partial charge in [0, 0.05) is 11.3 Å². The molecule has 0 aliphatic rings. The van der Waals surface area contributed by atoms with Gasteiger partial charge in [-0.1, -0.05) is 17.7 Å². The summed E-state index contributed by atoms with van der Waals surface area (Å²) in [4.78, 5) is 0. The van der Waals surface area contributed by atoms with Crippen LogP contribution in [0.15, 0.2) is 18.2 Å². The number of hydrogen-bond acceptors (Lipinski definition) is 4. The molecule has 0 saturated heterocycles. The lowest BCUT2D eigenvalue weighted by molar-refractivity contribution is -0.0149. The van der Waals surface area contributed by atoms with Gasteiger partial charge in [-0.3, -0.25) is 0 Å². The van der Waals surface area contributed by atoms with E-state index in [-0.39, 0.29) is 0 Å². The lowest BCUT2D eigenvalue weighted by Crippen LogP contribution is -2.22. The molecule has 14 heavy (non-hydrogen) atoms. The van der Waals surface area contributed by atoms with Crippen molar-refractivity contribution in [2.75, 3.05) is 12.3 Å². The molecule has 5 N–H and O–H groups in total. The molecule has 0 amide bonds. The van der Waals surface area contributed by atoms with Gasteiger partial charge >= 0.3 is 0 Å². The molecule has 2 atom stereocenters. The van der Waals surface area contributed by atoms with E-state index in [4.69, 9.17) is 10.8 Å². The quantitative estimate of drug-likeness (QED) is 0.512. The number of rotatable bonds is 3. The minimum atomic E-state index is -1.20. The van der Waals surface area contributed by atoms with Gasteiger partial charge in [-0.15, -0.1) is 0 Å². The van der Waals surface area contributed by atoms with Crippen LogP contribution in [0.1, 0.15) is 17.2 Å². The van der Waals surface area contributed by atoms with Crippen molar-refractivity contribution >= 4 is 5.69 Å². The van der Waals surface area contributed by atoms with Crippen molar-refractivity contribution in [2.24, 2.45) is 0 Å². The van der Waals surface area contributed by atoms with Crippen molar-refractivity contribution < 1.29 is 15.3 Å². The van der Waals surface area contributed by atoms with Crippen LogP contribution in [0, 0.1) is 6.92 Å². The molecule has 1 rings (SSSR count). The predicted octanol–water partition coefficient (Wildman–Crippen LogP) is -0.0362. The van der Waals surface area contributed by atoms with Crippen molar-refractivity contribution in [1.82, 2.24) is 0 Å². The van der Waals surface area contributed by atoms with E-state index in [1.807, 2.05) is 13.0 Å². The lowest BCUT2D eigenvalue weighted by Gasteiger charge is -2.18. The highest BCUT2D eigenvalue weighted by Gasteiger charge is 2.19. The van der Waals surface area contributed by atoms with Gasteiger partial charge in [0.2, 0.25) is 0 Å². The van der Waals surface area contributed by atoms with E-state index in [9.17, 15) is 10.2 Å². The Morgan fingerprint density at radius 2 is 2.00 bits per heavy atom. The summed E-state index contributed by atoms with van der Waals surface area (Å²) in [5.41, 5.74) is 7.44. The maximum atomic E-state index is 9.60. The van der Waals surface area contributed by atoms with Crippen LogP contribution in [0.4, 0.5) is 5.69 Å². The molecule has 1 aromatic carbocycles. The highest BCUT2D eigenvalue weighted by Crippen LogP contribution is 2.24. The predicted molar refractivity (Wildman–Crippen MR) is 53.6 cm³/mol. The fraction of sp³-hybridized carbons (Fsp3) is 0.400. The zero-order valence-corrected chi connectivity index (χ0v) is 8.01. The Balaban J connectivity index is 2.99. The molecular weight excluding hydrogens is 182 g/mol. The van der Waals surface area contributed by atoms with Gasteiger partial charge in [0.1, 0.15) is 12.2 Å². The average molecular weight is 197 g/mol. The number of aliphatic hydroxyl groups is 3. The Bertz CT molecular complexity index is 314. The fourth-order valence-corrected chi connectivity index (χ4v) is 1.26. The summed E-state index contributed by atoms with van der Waals surface area (Å²) < 4.78 is 0. The van der Waals surface area contributed by atoms with Gasteiger partial charge in [-0.05, 0) is 13.0 Å². The van der Waals surface area contributed by atoms with E-state index in [1.165, 1.54) is 0 Å². The summed E-state index contributed by atoms with van der Waals surface area (Å²) in [5, 5.41) is 27.5. The normalized spacial score (nSPS) is 15.1. The molecular formula is C10H15NO3. The zero-order chi connectivity index (χ0) is 10.7. The van der Waals surface area contributed by atoms with Gasteiger partial charge < -0.3 is 21.1 Å². The largest absolute Gasteiger partial charge is 0.398 e. The van der Waals surface area contributed by atoms with Crippen LogP contribution in [0.25, 0.3) is 0 Å². The Hall–Kier alpha value is -1.10. The minimum Gasteiger partial charge on any atom is -0.398 e. The highest BCUT2D eigenvalue weighted by atomic mass is 16.4. The molecule has 0 aliphatic carbocycles. The number of aliphatic hydroxyl groups excluding tert-OH is 3. The Morgan fingerprint density at radius 1 is 1.36 bits per heavy atom. The summed E-state index contributed by atoms with van der Waals surface area (Å²) in [7, 11) is 0. The lowest BCUT2D eigenvalue weighted by atomic mass is 10.0. The van der Waals surface area contributed by atoms with E-state index in [2.05, 4.69) is 0 Å². The van der Waals surface area contributed by atoms with Crippen LogP contribution in [0.3, 0.4) is 0 Å². The van der Waals surface area contributed by atoms with Gasteiger partial charge in [-0.2, -0.15) is 0 Å². The first-order valence-electron chi connectivity index (χ1n) is 4.39. The molecule has 4 nitrogen and oxygen atoms in total. The number of nitrogen functional groups attached to an aromatic ring is 1. The molecule has 0 spiro atoms. The van der Waals surface area contributed by atoms with Crippen molar-refractivity contribution in [3.8, 4) is 0 Å². The topological polar surface area (TPSA) is 86.7 Å². The Kier molecular flexibility index (Phi) is 3.46.